The van der Waals surface area contributed by atoms with Crippen LogP contribution < -0.4 is 0 Å². The van der Waals surface area contributed by atoms with Crippen molar-refractivity contribution in [1.82, 2.24) is 0 Å². The zero-order chi connectivity index (χ0) is 12.4. The van der Waals surface area contributed by atoms with Gasteiger partial charge in [-0.1, -0.05) is 54.0 Å². The minimum absolute atomic E-state index is 0.311. The van der Waals surface area contributed by atoms with Gasteiger partial charge in [-0.05, 0) is 35.2 Å². The number of phenols is 1. The fraction of sp³-hybridized carbons (Fsp3) is 0.200. The molecular formula is C15H15BrO. The number of rotatable bonds is 2. The first-order chi connectivity index (χ1) is 8.08. The largest absolute Gasteiger partial charge is 0.507 e. The van der Waals surface area contributed by atoms with Crippen molar-refractivity contribution >= 4 is 15.9 Å². The second-order valence-electron chi connectivity index (χ2n) is 4.44. The summed E-state index contributed by atoms with van der Waals surface area (Å²) in [5, 5.41) is 9.85. The van der Waals surface area contributed by atoms with Crippen LogP contribution in [0.4, 0.5) is 0 Å². The van der Waals surface area contributed by atoms with Gasteiger partial charge in [-0.15, -0.1) is 0 Å². The van der Waals surface area contributed by atoms with E-state index < -0.39 is 0 Å². The van der Waals surface area contributed by atoms with Crippen LogP contribution in [0.3, 0.4) is 0 Å². The van der Waals surface area contributed by atoms with Crippen molar-refractivity contribution in [1.29, 1.82) is 0 Å². The van der Waals surface area contributed by atoms with Gasteiger partial charge in [0.25, 0.3) is 0 Å². The lowest BCUT2D eigenvalue weighted by Gasteiger charge is -2.08. The Morgan fingerprint density at radius 2 is 1.65 bits per heavy atom. The lowest BCUT2D eigenvalue weighted by atomic mass is 9.98. The molecule has 17 heavy (non-hydrogen) atoms. The fourth-order valence-electron chi connectivity index (χ4n) is 1.79. The Bertz CT molecular complexity index is 515. The molecule has 0 aliphatic rings. The minimum Gasteiger partial charge on any atom is -0.507 e. The summed E-state index contributed by atoms with van der Waals surface area (Å²) in [7, 11) is 0. The van der Waals surface area contributed by atoms with Gasteiger partial charge in [-0.3, -0.25) is 0 Å². The summed E-state index contributed by atoms with van der Waals surface area (Å²) >= 11 is 3.42. The van der Waals surface area contributed by atoms with Gasteiger partial charge in [0, 0.05) is 10.0 Å². The summed E-state index contributed by atoms with van der Waals surface area (Å²) in [6, 6.07) is 13.8. The van der Waals surface area contributed by atoms with Crippen LogP contribution in [0.1, 0.15) is 25.3 Å². The van der Waals surface area contributed by atoms with Crippen molar-refractivity contribution in [2.24, 2.45) is 0 Å². The highest BCUT2D eigenvalue weighted by molar-refractivity contribution is 9.10. The average molecular weight is 291 g/mol. The van der Waals surface area contributed by atoms with Crippen LogP contribution in [-0.2, 0) is 0 Å². The van der Waals surface area contributed by atoms with Crippen molar-refractivity contribution in [2.75, 3.05) is 0 Å². The Balaban J connectivity index is 2.43. The number of aromatic hydroxyl groups is 1. The Hall–Kier alpha value is -1.28. The first kappa shape index (κ1) is 12.2. The van der Waals surface area contributed by atoms with E-state index in [1.165, 1.54) is 5.56 Å². The molecule has 2 rings (SSSR count). The molecule has 0 spiro atoms. The topological polar surface area (TPSA) is 20.2 Å². The molecule has 88 valence electrons. The van der Waals surface area contributed by atoms with Crippen molar-refractivity contribution in [3.63, 3.8) is 0 Å². The molecular weight excluding hydrogens is 276 g/mol. The van der Waals surface area contributed by atoms with E-state index in [-0.39, 0.29) is 0 Å². The van der Waals surface area contributed by atoms with Crippen LogP contribution in [0.15, 0.2) is 46.9 Å². The van der Waals surface area contributed by atoms with Crippen molar-refractivity contribution < 1.29 is 5.11 Å². The van der Waals surface area contributed by atoms with E-state index in [1.807, 2.05) is 12.1 Å². The first-order valence-electron chi connectivity index (χ1n) is 5.67. The minimum atomic E-state index is 0.311. The van der Waals surface area contributed by atoms with Gasteiger partial charge in [-0.2, -0.15) is 0 Å². The predicted molar refractivity (Wildman–Crippen MR) is 75.3 cm³/mol. The van der Waals surface area contributed by atoms with Gasteiger partial charge >= 0.3 is 0 Å². The smallest absolute Gasteiger partial charge is 0.123 e. The maximum absolute atomic E-state index is 9.85. The Labute approximate surface area is 110 Å². The Kier molecular flexibility index (Phi) is 3.53. The number of benzene rings is 2. The molecule has 1 N–H and O–H groups in total. The van der Waals surface area contributed by atoms with Crippen molar-refractivity contribution in [3.8, 4) is 16.9 Å². The maximum atomic E-state index is 9.85. The summed E-state index contributed by atoms with van der Waals surface area (Å²) in [4.78, 5) is 0. The van der Waals surface area contributed by atoms with Crippen LogP contribution >= 0.6 is 15.9 Å². The normalized spacial score (nSPS) is 10.8. The number of phenolic OH excluding ortho intramolecular Hbond substituents is 1. The van der Waals surface area contributed by atoms with E-state index in [2.05, 4.69) is 54.0 Å². The second kappa shape index (κ2) is 4.92. The van der Waals surface area contributed by atoms with Gasteiger partial charge < -0.3 is 5.11 Å². The molecule has 0 bridgehead atoms. The summed E-state index contributed by atoms with van der Waals surface area (Å²) < 4.78 is 0.971. The highest BCUT2D eigenvalue weighted by Gasteiger charge is 2.05. The van der Waals surface area contributed by atoms with Gasteiger partial charge in [0.2, 0.25) is 0 Å². The summed E-state index contributed by atoms with van der Waals surface area (Å²) in [5.41, 5.74) is 3.20. The fourth-order valence-corrected chi connectivity index (χ4v) is 2.15. The molecule has 0 saturated heterocycles. The van der Waals surface area contributed by atoms with Crippen LogP contribution in [0.2, 0.25) is 0 Å². The van der Waals surface area contributed by atoms with E-state index in [9.17, 15) is 5.11 Å². The molecule has 0 heterocycles. The SMILES string of the molecule is CC(C)c1ccc(-c2cc(Br)ccc2O)cc1. The van der Waals surface area contributed by atoms with E-state index in [4.69, 9.17) is 0 Å². The van der Waals surface area contributed by atoms with E-state index in [0.717, 1.165) is 15.6 Å². The number of hydrogen-bond donors (Lipinski definition) is 1. The average Bonchev–Trinajstić information content (AvgIpc) is 2.32. The molecule has 0 amide bonds. The predicted octanol–water partition coefficient (Wildman–Crippen LogP) is 4.95. The van der Waals surface area contributed by atoms with E-state index in [0.29, 0.717) is 11.7 Å². The van der Waals surface area contributed by atoms with Gasteiger partial charge in [-0.25, -0.2) is 0 Å². The van der Waals surface area contributed by atoms with Crippen LogP contribution in [0.25, 0.3) is 11.1 Å². The quantitative estimate of drug-likeness (QED) is 0.830. The lowest BCUT2D eigenvalue weighted by molar-refractivity contribution is 0.477. The monoisotopic (exact) mass is 290 g/mol. The summed E-state index contributed by atoms with van der Waals surface area (Å²) in [6.07, 6.45) is 0. The van der Waals surface area contributed by atoms with Crippen LogP contribution in [0.5, 0.6) is 5.75 Å². The van der Waals surface area contributed by atoms with Crippen LogP contribution in [0, 0.1) is 0 Å². The van der Waals surface area contributed by atoms with Crippen molar-refractivity contribution in [3.05, 3.63) is 52.5 Å². The molecule has 0 saturated carbocycles. The molecule has 2 aromatic rings. The van der Waals surface area contributed by atoms with Gasteiger partial charge in [0.1, 0.15) is 5.75 Å². The lowest BCUT2D eigenvalue weighted by Crippen LogP contribution is -1.87. The van der Waals surface area contributed by atoms with Crippen molar-refractivity contribution in [2.45, 2.75) is 19.8 Å². The molecule has 0 radical (unpaired) electrons. The Morgan fingerprint density at radius 3 is 2.24 bits per heavy atom. The molecule has 2 heteroatoms. The molecule has 1 nitrogen and oxygen atoms in total. The molecule has 0 aromatic heterocycles. The highest BCUT2D eigenvalue weighted by atomic mass is 79.9. The van der Waals surface area contributed by atoms with E-state index >= 15 is 0 Å². The zero-order valence-electron chi connectivity index (χ0n) is 9.94. The summed E-state index contributed by atoms with van der Waals surface area (Å²) in [5.74, 6) is 0.839. The van der Waals surface area contributed by atoms with Gasteiger partial charge in [0.05, 0.1) is 0 Å². The van der Waals surface area contributed by atoms with E-state index in [1.54, 1.807) is 6.07 Å². The van der Waals surface area contributed by atoms with Gasteiger partial charge in [0.15, 0.2) is 0 Å². The molecule has 0 atom stereocenters. The summed E-state index contributed by atoms with van der Waals surface area (Å²) in [6.45, 7) is 4.34. The van der Waals surface area contributed by atoms with Crippen LogP contribution in [-0.4, -0.2) is 5.11 Å². The molecule has 0 fully saturated rings. The Morgan fingerprint density at radius 1 is 1.00 bits per heavy atom. The molecule has 0 unspecified atom stereocenters. The number of hydrogen-bond acceptors (Lipinski definition) is 1. The number of halogens is 1. The zero-order valence-corrected chi connectivity index (χ0v) is 11.5. The molecule has 2 aromatic carbocycles. The highest BCUT2D eigenvalue weighted by Crippen LogP contribution is 2.32. The second-order valence-corrected chi connectivity index (χ2v) is 5.35. The maximum Gasteiger partial charge on any atom is 0.123 e. The standard InChI is InChI=1S/C15H15BrO/c1-10(2)11-3-5-12(6-4-11)14-9-13(16)7-8-15(14)17/h3-10,17H,1-2H3. The third-order valence-electron chi connectivity index (χ3n) is 2.85. The third-order valence-corrected chi connectivity index (χ3v) is 3.34. The molecule has 0 aliphatic heterocycles. The third kappa shape index (κ3) is 2.70. The molecule has 0 aliphatic carbocycles. The first-order valence-corrected chi connectivity index (χ1v) is 6.46.